The minimum absolute atomic E-state index is 0.297. The Kier molecular flexibility index (Phi) is 4.51. The summed E-state index contributed by atoms with van der Waals surface area (Å²) in [5, 5.41) is 5.81. The third-order valence-corrected chi connectivity index (χ3v) is 6.12. The molecule has 2 N–H and O–H groups in total. The van der Waals surface area contributed by atoms with Gasteiger partial charge in [-0.15, -0.1) is 0 Å². The number of rotatable bonds is 3. The lowest BCUT2D eigenvalue weighted by atomic mass is 9.95. The molecule has 0 saturated carbocycles. The van der Waals surface area contributed by atoms with Gasteiger partial charge < -0.3 is 10.6 Å². The molecule has 1 saturated heterocycles. The minimum atomic E-state index is -3.48. The molecule has 1 heterocycles. The van der Waals surface area contributed by atoms with E-state index in [0.29, 0.717) is 31.6 Å². The summed E-state index contributed by atoms with van der Waals surface area (Å²) >= 11 is 3.32. The number of piperidine rings is 1. The largest absolute Gasteiger partial charge is 0.325 e. The van der Waals surface area contributed by atoms with Crippen molar-refractivity contribution in [2.75, 3.05) is 24.7 Å². The minimum Gasteiger partial charge on any atom is -0.325 e. The highest BCUT2D eigenvalue weighted by Gasteiger charge is 2.48. The van der Waals surface area contributed by atoms with Crippen LogP contribution in [0.15, 0.2) is 28.7 Å². The molecule has 0 spiro atoms. The molecule has 0 bridgehead atoms. The van der Waals surface area contributed by atoms with Crippen LogP contribution in [0, 0.1) is 0 Å². The summed E-state index contributed by atoms with van der Waals surface area (Å²) in [4.78, 5) is 12.5. The number of hydrogen-bond acceptors (Lipinski definition) is 4. The van der Waals surface area contributed by atoms with Crippen molar-refractivity contribution in [3.63, 3.8) is 0 Å². The van der Waals surface area contributed by atoms with E-state index in [4.69, 9.17) is 0 Å². The van der Waals surface area contributed by atoms with E-state index in [0.717, 1.165) is 10.7 Å². The molecule has 110 valence electrons. The van der Waals surface area contributed by atoms with Crippen LogP contribution in [-0.2, 0) is 14.6 Å². The molecule has 0 atom stereocenters. The number of sulfone groups is 1. The van der Waals surface area contributed by atoms with Crippen molar-refractivity contribution >= 4 is 37.4 Å². The monoisotopic (exact) mass is 360 g/mol. The van der Waals surface area contributed by atoms with Crippen LogP contribution in [0.4, 0.5) is 5.69 Å². The molecule has 0 unspecified atom stereocenters. The fourth-order valence-corrected chi connectivity index (χ4v) is 4.14. The van der Waals surface area contributed by atoms with E-state index in [2.05, 4.69) is 26.6 Å². The molecule has 2 rings (SSSR count). The van der Waals surface area contributed by atoms with Gasteiger partial charge in [0.15, 0.2) is 14.6 Å². The summed E-state index contributed by atoms with van der Waals surface area (Å²) < 4.78 is 23.7. The van der Waals surface area contributed by atoms with E-state index in [1.165, 1.54) is 0 Å². The zero-order chi connectivity index (χ0) is 14.8. The van der Waals surface area contributed by atoms with Crippen molar-refractivity contribution in [2.24, 2.45) is 0 Å². The number of hydrogen-bond donors (Lipinski definition) is 2. The predicted molar refractivity (Wildman–Crippen MR) is 82.5 cm³/mol. The van der Waals surface area contributed by atoms with E-state index in [9.17, 15) is 13.2 Å². The van der Waals surface area contributed by atoms with Gasteiger partial charge in [0.1, 0.15) is 0 Å². The van der Waals surface area contributed by atoms with E-state index in [1.807, 2.05) is 6.07 Å². The van der Waals surface area contributed by atoms with Gasteiger partial charge in [0.05, 0.1) is 0 Å². The molecule has 1 aromatic rings. The van der Waals surface area contributed by atoms with Crippen LogP contribution in [0.3, 0.4) is 0 Å². The SMILES string of the molecule is CS(=O)(=O)C1(C(=O)Nc2cccc(Br)c2)CCNCC1. The van der Waals surface area contributed by atoms with E-state index < -0.39 is 20.5 Å². The molecular formula is C13H17BrN2O3S. The number of anilines is 1. The lowest BCUT2D eigenvalue weighted by Crippen LogP contribution is -2.55. The van der Waals surface area contributed by atoms with Crippen LogP contribution in [0.25, 0.3) is 0 Å². The topological polar surface area (TPSA) is 75.3 Å². The van der Waals surface area contributed by atoms with Gasteiger partial charge in [-0.2, -0.15) is 0 Å². The number of amides is 1. The van der Waals surface area contributed by atoms with Gasteiger partial charge in [-0.05, 0) is 44.1 Å². The Bertz CT molecular complexity index is 610. The summed E-state index contributed by atoms with van der Waals surface area (Å²) in [6.07, 6.45) is 1.73. The standard InChI is InChI=1S/C13H17BrN2O3S/c1-20(18,19)13(5-7-15-8-6-13)12(17)16-11-4-2-3-10(14)9-11/h2-4,9,15H,5-8H2,1H3,(H,16,17). The average molecular weight is 361 g/mol. The lowest BCUT2D eigenvalue weighted by molar-refractivity contribution is -0.119. The summed E-state index contributed by atoms with van der Waals surface area (Å²) in [5.41, 5.74) is 0.589. The maximum Gasteiger partial charge on any atom is 0.245 e. The number of nitrogens with one attached hydrogen (secondary N) is 2. The van der Waals surface area contributed by atoms with Gasteiger partial charge >= 0.3 is 0 Å². The zero-order valence-corrected chi connectivity index (χ0v) is 13.6. The van der Waals surface area contributed by atoms with Gasteiger partial charge in [-0.25, -0.2) is 8.42 Å². The van der Waals surface area contributed by atoms with Gasteiger partial charge in [-0.1, -0.05) is 22.0 Å². The Hall–Kier alpha value is -0.920. The molecule has 1 aliphatic heterocycles. The van der Waals surface area contributed by atoms with Crippen molar-refractivity contribution in [3.8, 4) is 0 Å². The van der Waals surface area contributed by atoms with Gasteiger partial charge in [0.25, 0.3) is 0 Å². The fraction of sp³-hybridized carbons (Fsp3) is 0.462. The molecule has 7 heteroatoms. The highest BCUT2D eigenvalue weighted by atomic mass is 79.9. The average Bonchev–Trinajstić information content (AvgIpc) is 2.38. The zero-order valence-electron chi connectivity index (χ0n) is 11.1. The van der Waals surface area contributed by atoms with E-state index >= 15 is 0 Å². The van der Waals surface area contributed by atoms with Crippen molar-refractivity contribution in [1.82, 2.24) is 5.32 Å². The highest BCUT2D eigenvalue weighted by Crippen LogP contribution is 2.29. The van der Waals surface area contributed by atoms with Gasteiger partial charge in [0, 0.05) is 16.4 Å². The summed E-state index contributed by atoms with van der Waals surface area (Å²) in [6.45, 7) is 1.05. The highest BCUT2D eigenvalue weighted by molar-refractivity contribution is 9.10. The molecule has 1 amide bonds. The quantitative estimate of drug-likeness (QED) is 0.857. The molecule has 0 aliphatic carbocycles. The van der Waals surface area contributed by atoms with Crippen molar-refractivity contribution in [3.05, 3.63) is 28.7 Å². The summed E-state index contributed by atoms with van der Waals surface area (Å²) in [5.74, 6) is -0.445. The molecule has 20 heavy (non-hydrogen) atoms. The maximum atomic E-state index is 12.5. The Morgan fingerprint density at radius 3 is 2.55 bits per heavy atom. The maximum absolute atomic E-state index is 12.5. The second-order valence-corrected chi connectivity index (χ2v) is 8.22. The van der Waals surface area contributed by atoms with Gasteiger partial charge in [-0.3, -0.25) is 4.79 Å². The molecule has 0 radical (unpaired) electrons. The van der Waals surface area contributed by atoms with Crippen molar-refractivity contribution in [2.45, 2.75) is 17.6 Å². The van der Waals surface area contributed by atoms with Crippen LogP contribution >= 0.6 is 15.9 Å². The second kappa shape index (κ2) is 5.83. The van der Waals surface area contributed by atoms with Crippen molar-refractivity contribution in [1.29, 1.82) is 0 Å². The normalized spacial score (nSPS) is 18.5. The summed E-state index contributed by atoms with van der Waals surface area (Å²) in [7, 11) is -3.48. The molecule has 0 aromatic heterocycles. The number of carbonyl (C=O) groups excluding carboxylic acids is 1. The Morgan fingerprint density at radius 1 is 1.35 bits per heavy atom. The van der Waals surface area contributed by atoms with Crippen LogP contribution in [0.5, 0.6) is 0 Å². The third-order valence-electron chi connectivity index (χ3n) is 3.62. The first-order valence-electron chi connectivity index (χ1n) is 6.32. The summed E-state index contributed by atoms with van der Waals surface area (Å²) in [6, 6.07) is 7.11. The third kappa shape index (κ3) is 3.05. The van der Waals surface area contributed by atoms with E-state index in [-0.39, 0.29) is 0 Å². The van der Waals surface area contributed by atoms with Crippen LogP contribution in [0.2, 0.25) is 0 Å². The van der Waals surface area contributed by atoms with E-state index in [1.54, 1.807) is 18.2 Å². The van der Waals surface area contributed by atoms with Gasteiger partial charge in [0.2, 0.25) is 5.91 Å². The lowest BCUT2D eigenvalue weighted by Gasteiger charge is -2.34. The molecule has 1 fully saturated rings. The Balaban J connectivity index is 2.28. The predicted octanol–water partition coefficient (Wildman–Crippen LogP) is 1.55. The van der Waals surface area contributed by atoms with Crippen molar-refractivity contribution < 1.29 is 13.2 Å². The van der Waals surface area contributed by atoms with Crippen LogP contribution in [0.1, 0.15) is 12.8 Å². The van der Waals surface area contributed by atoms with Crippen LogP contribution < -0.4 is 10.6 Å². The molecular weight excluding hydrogens is 344 g/mol. The number of carbonyl (C=O) groups is 1. The molecule has 1 aliphatic rings. The fourth-order valence-electron chi connectivity index (χ4n) is 2.41. The number of benzene rings is 1. The Morgan fingerprint density at radius 2 is 2.00 bits per heavy atom. The first kappa shape index (κ1) is 15.5. The Labute approximate surface area is 127 Å². The molecule has 1 aromatic carbocycles. The first-order valence-corrected chi connectivity index (χ1v) is 9.01. The number of halogens is 1. The van der Waals surface area contributed by atoms with Crippen LogP contribution in [-0.4, -0.2) is 38.4 Å². The second-order valence-electron chi connectivity index (χ2n) is 4.98. The first-order chi connectivity index (χ1) is 9.35. The molecule has 5 nitrogen and oxygen atoms in total. The smallest absolute Gasteiger partial charge is 0.245 e.